The van der Waals surface area contributed by atoms with Gasteiger partial charge in [-0.25, -0.2) is 32.5 Å². The highest BCUT2D eigenvalue weighted by molar-refractivity contribution is 5.94. The highest BCUT2D eigenvalue weighted by Crippen LogP contribution is 2.25. The lowest BCUT2D eigenvalue weighted by Gasteiger charge is -2.36. The molecule has 1 unspecified atom stereocenters. The van der Waals surface area contributed by atoms with E-state index in [0.29, 0.717) is 50.2 Å². The molecule has 2 saturated heterocycles. The summed E-state index contributed by atoms with van der Waals surface area (Å²) in [5.41, 5.74) is 5.91. The largest absolute Gasteiger partial charge is 0.478 e. The summed E-state index contributed by atoms with van der Waals surface area (Å²) < 4.78 is 40.3. The van der Waals surface area contributed by atoms with Crippen LogP contribution in [0, 0.1) is 17.5 Å². The van der Waals surface area contributed by atoms with Crippen LogP contribution in [0.5, 0.6) is 0 Å². The fourth-order valence-electron chi connectivity index (χ4n) is 4.21. The number of amides is 3. The van der Waals surface area contributed by atoms with Crippen molar-refractivity contribution < 1.29 is 42.6 Å². The molecule has 0 saturated carbocycles. The van der Waals surface area contributed by atoms with E-state index in [2.05, 4.69) is 4.98 Å². The number of anilines is 1. The number of aliphatic carboxylic acids is 2. The molecule has 1 aromatic heterocycles. The number of urea groups is 1. The molecule has 2 atom stereocenters. The van der Waals surface area contributed by atoms with Crippen molar-refractivity contribution in [2.24, 2.45) is 5.73 Å². The minimum absolute atomic E-state index is 0.0664. The first-order chi connectivity index (χ1) is 18.5. The zero-order valence-corrected chi connectivity index (χ0v) is 20.5. The molecule has 0 radical (unpaired) electrons. The third-order valence-corrected chi connectivity index (χ3v) is 6.01. The summed E-state index contributed by atoms with van der Waals surface area (Å²) in [7, 11) is 0. The molecule has 0 spiro atoms. The Morgan fingerprint density at radius 3 is 2.31 bits per heavy atom. The summed E-state index contributed by atoms with van der Waals surface area (Å²) in [4.78, 5) is 53.7. The quantitative estimate of drug-likeness (QED) is 0.347. The average Bonchev–Trinajstić information content (AvgIpc) is 3.22. The van der Waals surface area contributed by atoms with Crippen LogP contribution in [0.1, 0.15) is 12.0 Å². The second-order valence-electron chi connectivity index (χ2n) is 8.80. The molecule has 1 aromatic carbocycles. The molecule has 4 N–H and O–H groups in total. The van der Waals surface area contributed by atoms with Crippen molar-refractivity contribution in [1.82, 2.24) is 14.8 Å². The number of nitrogens with two attached hydrogens (primary N) is 1. The highest BCUT2D eigenvalue weighted by Gasteiger charge is 2.42. The van der Waals surface area contributed by atoms with Crippen molar-refractivity contribution in [3.05, 3.63) is 71.7 Å². The van der Waals surface area contributed by atoms with Crippen LogP contribution in [-0.4, -0.2) is 87.1 Å². The highest BCUT2D eigenvalue weighted by atomic mass is 19.2. The monoisotopic (exact) mass is 549 g/mol. The maximum atomic E-state index is 13.8. The number of nitrogens with zero attached hydrogens (tertiary/aromatic N) is 4. The summed E-state index contributed by atoms with van der Waals surface area (Å²) >= 11 is 0. The molecule has 208 valence electrons. The van der Waals surface area contributed by atoms with Crippen LogP contribution in [-0.2, 0) is 20.8 Å². The molecule has 14 heteroatoms. The Labute approximate surface area is 220 Å². The predicted octanol–water partition coefficient (Wildman–Crippen LogP) is 1.62. The van der Waals surface area contributed by atoms with Gasteiger partial charge in [0.25, 0.3) is 0 Å². The number of carboxylic acid groups (broad SMARTS) is 2. The minimum atomic E-state index is -1.27. The van der Waals surface area contributed by atoms with E-state index in [9.17, 15) is 32.3 Å². The summed E-state index contributed by atoms with van der Waals surface area (Å²) in [6.45, 7) is 1.54. The molecule has 3 heterocycles. The molecule has 2 aromatic rings. The Bertz CT molecular complexity index is 1250. The number of hydrogen-bond donors (Lipinski definition) is 3. The molecule has 2 aliphatic rings. The zero-order valence-electron chi connectivity index (χ0n) is 20.5. The lowest BCUT2D eigenvalue weighted by molar-refractivity contribution is -0.134. The van der Waals surface area contributed by atoms with Gasteiger partial charge in [-0.2, -0.15) is 0 Å². The molecule has 11 nitrogen and oxygen atoms in total. The molecule has 2 fully saturated rings. The second kappa shape index (κ2) is 12.9. The molecular formula is C25H26F3N5O6. The van der Waals surface area contributed by atoms with E-state index in [4.69, 9.17) is 15.9 Å². The fraction of sp³-hybridized carbons (Fsp3) is 0.320. The third-order valence-electron chi connectivity index (χ3n) is 6.01. The van der Waals surface area contributed by atoms with E-state index < -0.39 is 35.4 Å². The number of carboxylic acids is 2. The van der Waals surface area contributed by atoms with Gasteiger partial charge < -0.3 is 25.7 Å². The summed E-state index contributed by atoms with van der Waals surface area (Å²) in [5.74, 6) is -5.49. The van der Waals surface area contributed by atoms with Crippen molar-refractivity contribution in [2.45, 2.75) is 24.9 Å². The van der Waals surface area contributed by atoms with E-state index in [1.54, 1.807) is 39.1 Å². The number of carbonyl (C=O) groups is 4. The van der Waals surface area contributed by atoms with Crippen LogP contribution in [0.3, 0.4) is 0 Å². The normalized spacial score (nSPS) is 17.5. The first-order valence-electron chi connectivity index (χ1n) is 11.8. The summed E-state index contributed by atoms with van der Waals surface area (Å²) in [6, 6.07) is 5.53. The van der Waals surface area contributed by atoms with Crippen molar-refractivity contribution in [3.8, 4) is 0 Å². The third kappa shape index (κ3) is 7.77. The number of halogens is 3. The van der Waals surface area contributed by atoms with Crippen LogP contribution in [0.4, 0.5) is 23.8 Å². The van der Waals surface area contributed by atoms with Crippen LogP contribution >= 0.6 is 0 Å². The van der Waals surface area contributed by atoms with E-state index in [1.165, 1.54) is 0 Å². The van der Waals surface area contributed by atoms with Gasteiger partial charge in [-0.15, -0.1) is 0 Å². The van der Waals surface area contributed by atoms with Crippen molar-refractivity contribution >= 4 is 29.7 Å². The van der Waals surface area contributed by atoms with Crippen LogP contribution in [0.25, 0.3) is 0 Å². The Morgan fingerprint density at radius 2 is 1.69 bits per heavy atom. The number of piperazine rings is 1. The summed E-state index contributed by atoms with van der Waals surface area (Å²) in [5, 5.41) is 15.6. The number of pyridine rings is 1. The predicted molar refractivity (Wildman–Crippen MR) is 131 cm³/mol. The van der Waals surface area contributed by atoms with Crippen molar-refractivity contribution in [1.29, 1.82) is 0 Å². The molecule has 3 amide bonds. The van der Waals surface area contributed by atoms with Crippen LogP contribution < -0.4 is 10.6 Å². The van der Waals surface area contributed by atoms with E-state index in [-0.39, 0.29) is 36.4 Å². The molecule has 2 aliphatic heterocycles. The number of hydrogen-bond acceptors (Lipinski definition) is 6. The Hall–Kier alpha value is -4.46. The number of benzene rings is 1. The first-order valence-corrected chi connectivity index (χ1v) is 11.8. The van der Waals surface area contributed by atoms with E-state index in [0.717, 1.165) is 6.07 Å². The molecule has 39 heavy (non-hydrogen) atoms. The van der Waals surface area contributed by atoms with Gasteiger partial charge >= 0.3 is 18.0 Å². The van der Waals surface area contributed by atoms with Crippen molar-refractivity contribution in [2.75, 3.05) is 31.1 Å². The van der Waals surface area contributed by atoms with Crippen LogP contribution in [0.2, 0.25) is 0 Å². The SMILES string of the molecule is N[C@@H](CC(=O)N1CCN2C(=O)N(c3ccccn3)CC2C1)Cc1cc(F)c(F)cc1F.O=C(O)/C=C/C(=O)O. The van der Waals surface area contributed by atoms with Gasteiger partial charge in [0, 0.05) is 56.5 Å². The Kier molecular flexibility index (Phi) is 9.60. The molecular weight excluding hydrogens is 523 g/mol. The van der Waals surface area contributed by atoms with E-state index in [1.807, 2.05) is 0 Å². The maximum Gasteiger partial charge on any atom is 0.328 e. The Balaban J connectivity index is 0.000000459. The number of aromatic nitrogens is 1. The molecule has 4 rings (SSSR count). The number of carbonyl (C=O) groups excluding carboxylic acids is 2. The first kappa shape index (κ1) is 29.1. The van der Waals surface area contributed by atoms with Gasteiger partial charge in [-0.3, -0.25) is 9.69 Å². The van der Waals surface area contributed by atoms with Crippen LogP contribution in [0.15, 0.2) is 48.7 Å². The maximum absolute atomic E-state index is 13.8. The number of fused-ring (bicyclic) bond motifs is 1. The van der Waals surface area contributed by atoms with Crippen molar-refractivity contribution in [3.63, 3.8) is 0 Å². The number of rotatable bonds is 7. The van der Waals surface area contributed by atoms with E-state index >= 15 is 0 Å². The minimum Gasteiger partial charge on any atom is -0.478 e. The topological polar surface area (TPSA) is 157 Å². The Morgan fingerprint density at radius 1 is 1.03 bits per heavy atom. The fourth-order valence-corrected chi connectivity index (χ4v) is 4.21. The van der Waals surface area contributed by atoms with Gasteiger partial charge in [-0.05, 0) is 30.2 Å². The second-order valence-corrected chi connectivity index (χ2v) is 8.80. The molecule has 0 bridgehead atoms. The average molecular weight is 550 g/mol. The van der Waals surface area contributed by atoms with Gasteiger partial charge in [0.2, 0.25) is 5.91 Å². The van der Waals surface area contributed by atoms with Gasteiger partial charge in [-0.1, -0.05) is 6.07 Å². The standard InChI is InChI=1S/C21H22F3N5O2.C4H4O4/c22-16-10-18(24)17(23)8-13(16)7-14(25)9-20(30)27-5-6-28-15(11-27)12-29(21(28)31)19-3-1-2-4-26-19;5-3(6)1-2-4(7)8/h1-4,8,10,14-15H,5-7,9,11-12,25H2;1-2H,(H,5,6)(H,7,8)/b;2-1+/t14-,15?;/m1./s1. The van der Waals surface area contributed by atoms with Gasteiger partial charge in [0.1, 0.15) is 11.6 Å². The lowest BCUT2D eigenvalue weighted by atomic mass is 10.0. The lowest BCUT2D eigenvalue weighted by Crippen LogP contribution is -2.54. The van der Waals surface area contributed by atoms with Gasteiger partial charge in [0.15, 0.2) is 11.6 Å². The summed E-state index contributed by atoms with van der Waals surface area (Å²) in [6.07, 6.45) is 2.57. The zero-order chi connectivity index (χ0) is 28.7. The van der Waals surface area contributed by atoms with Gasteiger partial charge in [0.05, 0.1) is 12.6 Å². The molecule has 0 aliphatic carbocycles. The smallest absolute Gasteiger partial charge is 0.328 e.